The van der Waals surface area contributed by atoms with Gasteiger partial charge in [0.1, 0.15) is 19.0 Å². The average molecular weight is 537 g/mol. The molecule has 0 radical (unpaired) electrons. The first-order valence-corrected chi connectivity index (χ1v) is 12.3. The third kappa shape index (κ3) is 4.38. The largest absolute Gasteiger partial charge is 0.493 e. The molecule has 0 atom stereocenters. The molecule has 0 unspecified atom stereocenters. The van der Waals surface area contributed by atoms with Crippen molar-refractivity contribution in [3.63, 3.8) is 0 Å². The van der Waals surface area contributed by atoms with Gasteiger partial charge in [-0.1, -0.05) is 35.6 Å². The lowest BCUT2D eigenvalue weighted by molar-refractivity contribution is 0.210. The Morgan fingerprint density at radius 1 is 1.06 bits per heavy atom. The second-order valence-electron chi connectivity index (χ2n) is 7.68. The molecule has 0 saturated heterocycles. The molecule has 5 aromatic rings. The van der Waals surface area contributed by atoms with Crippen molar-refractivity contribution >= 4 is 49.3 Å². The van der Waals surface area contributed by atoms with E-state index in [0.29, 0.717) is 34.2 Å². The van der Waals surface area contributed by atoms with E-state index in [1.807, 2.05) is 73.7 Å². The summed E-state index contributed by atoms with van der Waals surface area (Å²) in [5.74, 6) is 1.96. The Morgan fingerprint density at radius 3 is 2.71 bits per heavy atom. The second-order valence-corrected chi connectivity index (χ2v) is 9.55. The van der Waals surface area contributed by atoms with Gasteiger partial charge >= 0.3 is 0 Å². The number of rotatable bonds is 7. The Hall–Kier alpha value is -3.36. The predicted molar refractivity (Wildman–Crippen MR) is 138 cm³/mol. The maximum absolute atomic E-state index is 13.0. The number of aryl methyl sites for hydroxylation is 1. The molecule has 0 amide bonds. The first-order valence-electron chi connectivity index (χ1n) is 10.6. The number of benzene rings is 3. The van der Waals surface area contributed by atoms with Crippen LogP contribution in [-0.2, 0) is 0 Å². The van der Waals surface area contributed by atoms with E-state index < -0.39 is 0 Å². The summed E-state index contributed by atoms with van der Waals surface area (Å²) in [5.41, 5.74) is 3.50. The fraction of sp³-hybridized carbons (Fsp3) is 0.154. The van der Waals surface area contributed by atoms with Crippen molar-refractivity contribution in [2.75, 3.05) is 20.3 Å². The molecule has 0 aliphatic carbocycles. The van der Waals surface area contributed by atoms with Gasteiger partial charge in [0.2, 0.25) is 0 Å². The molecule has 5 rings (SSSR count). The number of para-hydroxylation sites is 2. The molecular formula is C26H21BrN2O4S. The third-order valence-electron chi connectivity index (χ3n) is 5.28. The smallest absolute Gasteiger partial charge is 0.274 e. The van der Waals surface area contributed by atoms with E-state index in [1.165, 1.54) is 11.3 Å². The van der Waals surface area contributed by atoms with E-state index >= 15 is 0 Å². The summed E-state index contributed by atoms with van der Waals surface area (Å²) in [6.07, 6.45) is 1.84. The maximum Gasteiger partial charge on any atom is 0.274 e. The Labute approximate surface area is 208 Å². The van der Waals surface area contributed by atoms with Crippen LogP contribution in [0.15, 0.2) is 69.9 Å². The molecule has 0 saturated carbocycles. The summed E-state index contributed by atoms with van der Waals surface area (Å²) in [7, 11) is 1.59. The molecule has 3 aromatic carbocycles. The highest BCUT2D eigenvalue weighted by molar-refractivity contribution is 9.10. The van der Waals surface area contributed by atoms with Crippen LogP contribution in [0.25, 0.3) is 22.1 Å². The highest BCUT2D eigenvalue weighted by Gasteiger charge is 2.13. The van der Waals surface area contributed by atoms with Crippen LogP contribution in [-0.4, -0.2) is 29.7 Å². The lowest BCUT2D eigenvalue weighted by Gasteiger charge is -2.14. The molecule has 0 spiro atoms. The Balaban J connectivity index is 1.38. The van der Waals surface area contributed by atoms with Crippen molar-refractivity contribution in [1.29, 1.82) is 0 Å². The fourth-order valence-electron chi connectivity index (χ4n) is 3.73. The van der Waals surface area contributed by atoms with E-state index in [2.05, 4.69) is 20.9 Å². The zero-order valence-corrected chi connectivity index (χ0v) is 21.0. The molecule has 0 N–H and O–H groups in total. The van der Waals surface area contributed by atoms with Crippen LogP contribution in [0, 0.1) is 6.92 Å². The lowest BCUT2D eigenvalue weighted by Crippen LogP contribution is -2.22. The van der Waals surface area contributed by atoms with Gasteiger partial charge < -0.3 is 14.2 Å². The van der Waals surface area contributed by atoms with Gasteiger partial charge in [-0.05, 0) is 76.5 Å². The van der Waals surface area contributed by atoms with Gasteiger partial charge in [0, 0.05) is 0 Å². The number of hydrogen-bond acceptors (Lipinski definition) is 6. The number of hydrogen-bond donors (Lipinski definition) is 0. The second kappa shape index (κ2) is 9.48. The molecule has 0 fully saturated rings. The summed E-state index contributed by atoms with van der Waals surface area (Å²) in [4.78, 5) is 18.3. The Morgan fingerprint density at radius 2 is 1.88 bits per heavy atom. The number of thiazole rings is 1. The van der Waals surface area contributed by atoms with Crippen LogP contribution in [0.2, 0.25) is 0 Å². The minimum Gasteiger partial charge on any atom is -0.493 e. The quantitative estimate of drug-likeness (QED) is 0.274. The topological polar surface area (TPSA) is 62.1 Å². The number of aromatic nitrogens is 2. The molecule has 6 nitrogen and oxygen atoms in total. The summed E-state index contributed by atoms with van der Waals surface area (Å²) < 4.78 is 20.2. The van der Waals surface area contributed by atoms with Crippen LogP contribution in [0.3, 0.4) is 0 Å². The van der Waals surface area contributed by atoms with E-state index in [-0.39, 0.29) is 5.56 Å². The van der Waals surface area contributed by atoms with Crippen LogP contribution in [0.5, 0.6) is 17.2 Å². The number of halogens is 1. The van der Waals surface area contributed by atoms with Crippen molar-refractivity contribution in [2.45, 2.75) is 6.92 Å². The van der Waals surface area contributed by atoms with Crippen LogP contribution < -0.4 is 24.3 Å². The molecule has 172 valence electrons. The van der Waals surface area contributed by atoms with Gasteiger partial charge in [0.15, 0.2) is 16.5 Å². The number of methoxy groups -OCH3 is 1. The van der Waals surface area contributed by atoms with Gasteiger partial charge in [-0.25, -0.2) is 9.38 Å². The Bertz CT molecular complexity index is 1610. The fourth-order valence-corrected chi connectivity index (χ4v) is 5.30. The van der Waals surface area contributed by atoms with Crippen LogP contribution in [0.1, 0.15) is 11.1 Å². The molecule has 34 heavy (non-hydrogen) atoms. The number of imidazole rings is 1. The number of ether oxygens (including phenoxy) is 3. The SMILES string of the molecule is COc1cc(/C=c2\sc3nc4ccccc4n3c2=O)cc(Br)c1OCCOc1cccc(C)c1. The molecule has 8 heteroatoms. The van der Waals surface area contributed by atoms with Crippen molar-refractivity contribution in [3.8, 4) is 17.2 Å². The number of nitrogens with zero attached hydrogens (tertiary/aromatic N) is 2. The zero-order chi connectivity index (χ0) is 23.7. The normalized spacial score (nSPS) is 11.9. The van der Waals surface area contributed by atoms with Gasteiger partial charge in [-0.15, -0.1) is 0 Å². The monoisotopic (exact) mass is 536 g/mol. The molecule has 2 aromatic heterocycles. The highest BCUT2D eigenvalue weighted by atomic mass is 79.9. The molecule has 0 aliphatic heterocycles. The highest BCUT2D eigenvalue weighted by Crippen LogP contribution is 2.37. The van der Waals surface area contributed by atoms with Crippen molar-refractivity contribution < 1.29 is 14.2 Å². The van der Waals surface area contributed by atoms with E-state index in [0.717, 1.165) is 32.4 Å². The first kappa shape index (κ1) is 22.4. The lowest BCUT2D eigenvalue weighted by atomic mass is 10.2. The van der Waals surface area contributed by atoms with Crippen LogP contribution in [0.4, 0.5) is 0 Å². The van der Waals surface area contributed by atoms with Crippen LogP contribution >= 0.6 is 27.3 Å². The van der Waals surface area contributed by atoms with Gasteiger partial charge in [-0.3, -0.25) is 4.79 Å². The summed E-state index contributed by atoms with van der Waals surface area (Å²) in [5, 5.41) is 0. The summed E-state index contributed by atoms with van der Waals surface area (Å²) >= 11 is 4.94. The van der Waals surface area contributed by atoms with E-state index in [4.69, 9.17) is 14.2 Å². The van der Waals surface area contributed by atoms with Gasteiger partial charge in [-0.2, -0.15) is 0 Å². The van der Waals surface area contributed by atoms with Crippen molar-refractivity contribution in [1.82, 2.24) is 9.38 Å². The Kier molecular flexibility index (Phi) is 6.26. The van der Waals surface area contributed by atoms with Gasteiger partial charge in [0.05, 0.1) is 27.1 Å². The standard InChI is InChI=1S/C26H21BrN2O4S/c1-16-6-5-7-18(12-16)32-10-11-33-24-19(27)13-17(14-22(24)31-2)15-23-25(30)29-21-9-4-3-8-20(21)28-26(29)34-23/h3-9,12-15H,10-11H2,1-2H3/b23-15-. The molecule has 0 bridgehead atoms. The molecular weight excluding hydrogens is 516 g/mol. The minimum absolute atomic E-state index is 0.0857. The van der Waals surface area contributed by atoms with E-state index in [9.17, 15) is 4.79 Å². The average Bonchev–Trinajstić information content (AvgIpc) is 3.33. The minimum atomic E-state index is -0.0857. The molecule has 2 heterocycles. The first-order chi connectivity index (χ1) is 16.5. The van der Waals surface area contributed by atoms with Gasteiger partial charge in [0.25, 0.3) is 5.56 Å². The zero-order valence-electron chi connectivity index (χ0n) is 18.6. The number of fused-ring (bicyclic) bond motifs is 3. The van der Waals surface area contributed by atoms with Crippen molar-refractivity contribution in [3.05, 3.63) is 91.1 Å². The summed E-state index contributed by atoms with van der Waals surface area (Å²) in [6.45, 7) is 2.78. The molecule has 0 aliphatic rings. The predicted octanol–water partition coefficient (Wildman–Crippen LogP) is 4.99. The maximum atomic E-state index is 13.0. The summed E-state index contributed by atoms with van der Waals surface area (Å²) in [6, 6.07) is 19.3. The third-order valence-corrected chi connectivity index (χ3v) is 6.84. The van der Waals surface area contributed by atoms with Crippen molar-refractivity contribution in [2.24, 2.45) is 0 Å². The van der Waals surface area contributed by atoms with E-state index in [1.54, 1.807) is 11.5 Å².